The number of nitrogens with one attached hydrogen (secondary N) is 2. The summed E-state index contributed by atoms with van der Waals surface area (Å²) in [7, 11) is 3.34. The molecule has 1 fully saturated rings. The monoisotopic (exact) mass is 255 g/mol. The molecule has 1 saturated heterocycles. The number of hydrogen-bond acceptors (Lipinski definition) is 3. The Morgan fingerprint density at radius 1 is 1.44 bits per heavy atom. The van der Waals surface area contributed by atoms with Crippen LogP contribution in [0.3, 0.4) is 0 Å². The van der Waals surface area contributed by atoms with Crippen LogP contribution in [0.1, 0.15) is 33.1 Å². The summed E-state index contributed by atoms with van der Waals surface area (Å²) in [5.41, 5.74) is 0. The van der Waals surface area contributed by atoms with E-state index in [9.17, 15) is 9.59 Å². The molecule has 5 heteroatoms. The largest absolute Gasteiger partial charge is 0.357 e. The number of likely N-dealkylation sites (N-methyl/N-ethyl adjacent to an activating group) is 2. The van der Waals surface area contributed by atoms with Crippen molar-refractivity contribution in [2.45, 2.75) is 45.2 Å². The lowest BCUT2D eigenvalue weighted by molar-refractivity contribution is -0.140. The van der Waals surface area contributed by atoms with Gasteiger partial charge in [-0.1, -0.05) is 13.8 Å². The molecule has 18 heavy (non-hydrogen) atoms. The van der Waals surface area contributed by atoms with Gasteiger partial charge in [-0.15, -0.1) is 0 Å². The van der Waals surface area contributed by atoms with Gasteiger partial charge in [-0.2, -0.15) is 0 Å². The van der Waals surface area contributed by atoms with Crippen molar-refractivity contribution in [1.29, 1.82) is 0 Å². The Balaban J connectivity index is 2.70. The molecule has 5 nitrogen and oxygen atoms in total. The van der Waals surface area contributed by atoms with E-state index in [0.29, 0.717) is 12.3 Å². The Kier molecular flexibility index (Phi) is 5.59. The zero-order valence-corrected chi connectivity index (χ0v) is 11.8. The Labute approximate surface area is 109 Å². The van der Waals surface area contributed by atoms with Gasteiger partial charge in [0.1, 0.15) is 6.04 Å². The molecule has 0 bridgehead atoms. The smallest absolute Gasteiger partial charge is 0.242 e. The van der Waals surface area contributed by atoms with Gasteiger partial charge in [0.2, 0.25) is 11.8 Å². The van der Waals surface area contributed by atoms with Gasteiger partial charge < -0.3 is 15.5 Å². The summed E-state index contributed by atoms with van der Waals surface area (Å²) < 4.78 is 0. The number of carbonyl (C=O) groups is 2. The molecule has 1 aliphatic rings. The lowest BCUT2D eigenvalue weighted by Gasteiger charge is -2.30. The second kappa shape index (κ2) is 6.73. The SMILES string of the molecule is CNC(=O)[C@@H](CC(C)C)N(C)C(=O)[C@@H]1CCCN1. The molecular weight excluding hydrogens is 230 g/mol. The average Bonchev–Trinajstić information content (AvgIpc) is 2.86. The average molecular weight is 255 g/mol. The first-order chi connectivity index (χ1) is 8.47. The number of amides is 2. The van der Waals surface area contributed by atoms with Crippen molar-refractivity contribution in [3.8, 4) is 0 Å². The van der Waals surface area contributed by atoms with Gasteiger partial charge >= 0.3 is 0 Å². The fourth-order valence-corrected chi connectivity index (χ4v) is 2.35. The molecule has 0 saturated carbocycles. The van der Waals surface area contributed by atoms with Crippen molar-refractivity contribution in [2.75, 3.05) is 20.6 Å². The van der Waals surface area contributed by atoms with Crippen molar-refractivity contribution < 1.29 is 9.59 Å². The van der Waals surface area contributed by atoms with Gasteiger partial charge in [0.15, 0.2) is 0 Å². The van der Waals surface area contributed by atoms with Crippen LogP contribution in [0.4, 0.5) is 0 Å². The molecule has 2 amide bonds. The molecule has 2 N–H and O–H groups in total. The maximum atomic E-state index is 12.3. The van der Waals surface area contributed by atoms with Gasteiger partial charge in [-0.05, 0) is 31.7 Å². The van der Waals surface area contributed by atoms with E-state index in [1.54, 1.807) is 19.0 Å². The van der Waals surface area contributed by atoms with E-state index < -0.39 is 0 Å². The lowest BCUT2D eigenvalue weighted by Crippen LogP contribution is -2.52. The summed E-state index contributed by atoms with van der Waals surface area (Å²) in [5.74, 6) is 0.318. The van der Waals surface area contributed by atoms with Gasteiger partial charge in [-0.3, -0.25) is 9.59 Å². The van der Waals surface area contributed by atoms with Crippen molar-refractivity contribution >= 4 is 11.8 Å². The molecule has 0 aromatic rings. The van der Waals surface area contributed by atoms with Crippen LogP contribution in [-0.4, -0.2) is 49.4 Å². The van der Waals surface area contributed by atoms with E-state index in [1.165, 1.54) is 0 Å². The fraction of sp³-hybridized carbons (Fsp3) is 0.846. The van der Waals surface area contributed by atoms with E-state index in [-0.39, 0.29) is 23.9 Å². The second-order valence-corrected chi connectivity index (χ2v) is 5.36. The highest BCUT2D eigenvalue weighted by atomic mass is 16.2. The van der Waals surface area contributed by atoms with Crippen LogP contribution in [0.25, 0.3) is 0 Å². The predicted octanol–water partition coefficient (Wildman–Crippen LogP) is 0.358. The molecule has 1 aliphatic heterocycles. The molecule has 0 aliphatic carbocycles. The van der Waals surface area contributed by atoms with Crippen LogP contribution in [0.15, 0.2) is 0 Å². The Morgan fingerprint density at radius 2 is 2.11 bits per heavy atom. The molecule has 2 atom stereocenters. The number of hydrogen-bond donors (Lipinski definition) is 2. The van der Waals surface area contributed by atoms with Crippen LogP contribution < -0.4 is 10.6 Å². The standard InChI is InChI=1S/C13H25N3O2/c1-9(2)8-11(12(17)14-3)16(4)13(18)10-6-5-7-15-10/h9-11,15H,5-8H2,1-4H3,(H,14,17)/t10-,11+/m0/s1. The Hall–Kier alpha value is -1.10. The van der Waals surface area contributed by atoms with Crippen molar-refractivity contribution in [2.24, 2.45) is 5.92 Å². The molecular formula is C13H25N3O2. The minimum absolute atomic E-state index is 0.0294. The Bertz CT molecular complexity index is 299. The quantitative estimate of drug-likeness (QED) is 0.745. The van der Waals surface area contributed by atoms with Gasteiger partial charge in [0, 0.05) is 14.1 Å². The summed E-state index contributed by atoms with van der Waals surface area (Å²) in [5, 5.41) is 5.82. The summed E-state index contributed by atoms with van der Waals surface area (Å²) in [6.45, 7) is 5.00. The highest BCUT2D eigenvalue weighted by molar-refractivity contribution is 5.89. The summed E-state index contributed by atoms with van der Waals surface area (Å²) in [6, 6.07) is -0.487. The summed E-state index contributed by atoms with van der Waals surface area (Å²) in [4.78, 5) is 25.8. The third-order valence-electron chi connectivity index (χ3n) is 3.42. The number of nitrogens with zero attached hydrogens (tertiary/aromatic N) is 1. The minimum atomic E-state index is -0.370. The van der Waals surface area contributed by atoms with E-state index in [1.807, 2.05) is 0 Å². The number of carbonyl (C=O) groups excluding carboxylic acids is 2. The maximum Gasteiger partial charge on any atom is 0.242 e. The first kappa shape index (κ1) is 15.0. The second-order valence-electron chi connectivity index (χ2n) is 5.36. The molecule has 1 heterocycles. The maximum absolute atomic E-state index is 12.3. The third kappa shape index (κ3) is 3.70. The summed E-state index contributed by atoms with van der Waals surface area (Å²) in [6.07, 6.45) is 2.58. The van der Waals surface area contributed by atoms with Crippen LogP contribution in [0, 0.1) is 5.92 Å². The third-order valence-corrected chi connectivity index (χ3v) is 3.42. The first-order valence-corrected chi connectivity index (χ1v) is 6.69. The van der Waals surface area contributed by atoms with Gasteiger partial charge in [0.05, 0.1) is 6.04 Å². The van der Waals surface area contributed by atoms with Gasteiger partial charge in [-0.25, -0.2) is 0 Å². The van der Waals surface area contributed by atoms with E-state index >= 15 is 0 Å². The molecule has 0 unspecified atom stereocenters. The van der Waals surface area contributed by atoms with Crippen LogP contribution in [-0.2, 0) is 9.59 Å². The minimum Gasteiger partial charge on any atom is -0.357 e. The predicted molar refractivity (Wildman–Crippen MR) is 71.1 cm³/mol. The number of rotatable bonds is 5. The summed E-state index contributed by atoms with van der Waals surface area (Å²) >= 11 is 0. The highest BCUT2D eigenvalue weighted by Gasteiger charge is 2.32. The molecule has 104 valence electrons. The van der Waals surface area contributed by atoms with E-state index in [0.717, 1.165) is 19.4 Å². The highest BCUT2D eigenvalue weighted by Crippen LogP contribution is 2.14. The molecule has 0 aromatic carbocycles. The van der Waals surface area contributed by atoms with Crippen LogP contribution in [0.5, 0.6) is 0 Å². The Morgan fingerprint density at radius 3 is 2.56 bits per heavy atom. The topological polar surface area (TPSA) is 61.4 Å². The normalized spacial score (nSPS) is 20.8. The lowest BCUT2D eigenvalue weighted by atomic mass is 10.0. The van der Waals surface area contributed by atoms with E-state index in [4.69, 9.17) is 0 Å². The van der Waals surface area contributed by atoms with Gasteiger partial charge in [0.25, 0.3) is 0 Å². The molecule has 0 spiro atoms. The van der Waals surface area contributed by atoms with E-state index in [2.05, 4.69) is 24.5 Å². The molecule has 0 aromatic heterocycles. The van der Waals surface area contributed by atoms with Crippen LogP contribution in [0.2, 0.25) is 0 Å². The zero-order valence-electron chi connectivity index (χ0n) is 11.8. The van der Waals surface area contributed by atoms with Crippen molar-refractivity contribution in [3.63, 3.8) is 0 Å². The zero-order chi connectivity index (χ0) is 13.7. The fourth-order valence-electron chi connectivity index (χ4n) is 2.35. The van der Waals surface area contributed by atoms with Crippen molar-refractivity contribution in [3.05, 3.63) is 0 Å². The molecule has 0 radical (unpaired) electrons. The molecule has 1 rings (SSSR count). The first-order valence-electron chi connectivity index (χ1n) is 6.69. The van der Waals surface area contributed by atoms with Crippen LogP contribution >= 0.6 is 0 Å². The van der Waals surface area contributed by atoms with Crippen molar-refractivity contribution in [1.82, 2.24) is 15.5 Å².